The zero-order valence-corrected chi connectivity index (χ0v) is 12.2. The van der Waals surface area contributed by atoms with Crippen LogP contribution in [0.5, 0.6) is 0 Å². The van der Waals surface area contributed by atoms with Crippen LogP contribution >= 0.6 is 15.9 Å². The number of hydrogen-bond acceptors (Lipinski definition) is 5. The first kappa shape index (κ1) is 14.5. The molecule has 0 aliphatic heterocycles. The first-order valence-corrected chi connectivity index (χ1v) is 6.27. The third-order valence-corrected chi connectivity index (χ3v) is 3.05. The smallest absolute Gasteiger partial charge is 0.332 e. The van der Waals surface area contributed by atoms with Crippen molar-refractivity contribution in [3.8, 4) is 0 Å². The molecule has 0 amide bonds. The van der Waals surface area contributed by atoms with E-state index in [4.69, 9.17) is 10.5 Å². The van der Waals surface area contributed by atoms with E-state index in [2.05, 4.69) is 26.2 Å². The van der Waals surface area contributed by atoms with Crippen molar-refractivity contribution in [2.75, 3.05) is 17.7 Å². The van der Waals surface area contributed by atoms with Gasteiger partial charge in [-0.2, -0.15) is 0 Å². The fraction of sp³-hybridized carbons (Fsp3) is 0.333. The standard InChI is InChI=1S/C12H16BrN3O2/c1-4-18-10(17)5-7(2)16-11-8(3)9(13)6-15-12(11)14/h5-6,16H,4H2,1-3H3,(H2,14,15). The fourth-order valence-electron chi connectivity index (χ4n) is 1.35. The summed E-state index contributed by atoms with van der Waals surface area (Å²) in [4.78, 5) is 15.3. The van der Waals surface area contributed by atoms with Crippen molar-refractivity contribution >= 4 is 33.4 Å². The number of aromatic nitrogens is 1. The second kappa shape index (κ2) is 6.39. The number of nitrogens with one attached hydrogen (secondary N) is 1. The Morgan fingerprint density at radius 3 is 2.94 bits per heavy atom. The molecule has 1 rings (SSSR count). The third-order valence-electron chi connectivity index (χ3n) is 2.25. The van der Waals surface area contributed by atoms with E-state index in [1.54, 1.807) is 20.0 Å². The lowest BCUT2D eigenvalue weighted by atomic mass is 10.2. The van der Waals surface area contributed by atoms with Crippen LogP contribution in [0.2, 0.25) is 0 Å². The van der Waals surface area contributed by atoms with Crippen molar-refractivity contribution in [1.82, 2.24) is 4.98 Å². The first-order chi connectivity index (χ1) is 8.45. The van der Waals surface area contributed by atoms with Crippen LogP contribution in [0.3, 0.4) is 0 Å². The SMILES string of the molecule is CCOC(=O)C=C(C)Nc1c(N)ncc(Br)c1C. The molecule has 0 atom stereocenters. The minimum atomic E-state index is -0.387. The van der Waals surface area contributed by atoms with Gasteiger partial charge in [-0.15, -0.1) is 0 Å². The Kier molecular flexibility index (Phi) is 5.15. The summed E-state index contributed by atoms with van der Waals surface area (Å²) in [6.45, 7) is 5.77. The molecule has 0 spiro atoms. The van der Waals surface area contributed by atoms with Crippen molar-refractivity contribution in [3.05, 3.63) is 28.0 Å². The number of carbonyl (C=O) groups excluding carboxylic acids is 1. The van der Waals surface area contributed by atoms with Crippen LogP contribution in [0.25, 0.3) is 0 Å². The van der Waals surface area contributed by atoms with Crippen molar-refractivity contribution in [2.24, 2.45) is 0 Å². The monoisotopic (exact) mass is 313 g/mol. The van der Waals surface area contributed by atoms with Gasteiger partial charge in [0.2, 0.25) is 0 Å². The van der Waals surface area contributed by atoms with Gasteiger partial charge >= 0.3 is 5.97 Å². The van der Waals surface area contributed by atoms with E-state index in [1.165, 1.54) is 6.08 Å². The number of pyridine rings is 1. The maximum atomic E-state index is 11.3. The number of hydrogen-bond donors (Lipinski definition) is 2. The molecule has 0 saturated carbocycles. The second-order valence-electron chi connectivity index (χ2n) is 3.70. The highest BCUT2D eigenvalue weighted by molar-refractivity contribution is 9.10. The van der Waals surface area contributed by atoms with E-state index >= 15 is 0 Å². The number of nitrogen functional groups attached to an aromatic ring is 1. The molecule has 0 saturated heterocycles. The van der Waals surface area contributed by atoms with Crippen LogP contribution in [0.15, 0.2) is 22.4 Å². The van der Waals surface area contributed by atoms with Gasteiger partial charge in [-0.1, -0.05) is 0 Å². The topological polar surface area (TPSA) is 77.2 Å². The largest absolute Gasteiger partial charge is 0.463 e. The summed E-state index contributed by atoms with van der Waals surface area (Å²) in [5, 5.41) is 3.05. The molecule has 0 bridgehead atoms. The number of nitrogens with zero attached hydrogens (tertiary/aromatic N) is 1. The zero-order chi connectivity index (χ0) is 13.7. The molecule has 0 aliphatic rings. The van der Waals surface area contributed by atoms with E-state index in [0.29, 0.717) is 23.8 Å². The van der Waals surface area contributed by atoms with Crippen LogP contribution in [0, 0.1) is 6.92 Å². The first-order valence-electron chi connectivity index (χ1n) is 5.48. The lowest BCUT2D eigenvalue weighted by molar-refractivity contribution is -0.137. The van der Waals surface area contributed by atoms with Crippen LogP contribution in [0.1, 0.15) is 19.4 Å². The summed E-state index contributed by atoms with van der Waals surface area (Å²) in [6, 6.07) is 0. The summed E-state index contributed by atoms with van der Waals surface area (Å²) >= 11 is 3.38. The highest BCUT2D eigenvalue weighted by Gasteiger charge is 2.08. The molecular formula is C12H16BrN3O2. The van der Waals surface area contributed by atoms with Gasteiger partial charge in [0.15, 0.2) is 0 Å². The fourth-order valence-corrected chi connectivity index (χ4v) is 1.65. The van der Waals surface area contributed by atoms with Crippen molar-refractivity contribution in [1.29, 1.82) is 0 Å². The van der Waals surface area contributed by atoms with Gasteiger partial charge in [-0.3, -0.25) is 0 Å². The van der Waals surface area contributed by atoms with E-state index in [-0.39, 0.29) is 5.97 Å². The maximum Gasteiger partial charge on any atom is 0.332 e. The van der Waals surface area contributed by atoms with Crippen molar-refractivity contribution in [3.63, 3.8) is 0 Å². The lowest BCUT2D eigenvalue weighted by Crippen LogP contribution is -2.07. The van der Waals surface area contributed by atoms with E-state index in [0.717, 1.165) is 10.0 Å². The minimum Gasteiger partial charge on any atom is -0.463 e. The highest BCUT2D eigenvalue weighted by Crippen LogP contribution is 2.28. The molecule has 18 heavy (non-hydrogen) atoms. The van der Waals surface area contributed by atoms with Crippen LogP contribution in [-0.4, -0.2) is 17.6 Å². The summed E-state index contributed by atoms with van der Waals surface area (Å²) in [5.74, 6) is -0.00557. The predicted molar refractivity (Wildman–Crippen MR) is 75.1 cm³/mol. The number of esters is 1. The summed E-state index contributed by atoms with van der Waals surface area (Å²) in [6.07, 6.45) is 3.02. The van der Waals surface area contributed by atoms with Gasteiger partial charge in [-0.25, -0.2) is 9.78 Å². The Morgan fingerprint density at radius 2 is 2.33 bits per heavy atom. The lowest BCUT2D eigenvalue weighted by Gasteiger charge is -2.12. The van der Waals surface area contributed by atoms with Crippen LogP contribution in [0.4, 0.5) is 11.5 Å². The number of rotatable bonds is 4. The Morgan fingerprint density at radius 1 is 1.67 bits per heavy atom. The molecule has 0 aliphatic carbocycles. The van der Waals surface area contributed by atoms with Crippen molar-refractivity contribution < 1.29 is 9.53 Å². The Balaban J connectivity index is 2.91. The van der Waals surface area contributed by atoms with E-state index < -0.39 is 0 Å². The summed E-state index contributed by atoms with van der Waals surface area (Å²) in [5.41, 5.74) is 8.04. The molecule has 0 unspecified atom stereocenters. The zero-order valence-electron chi connectivity index (χ0n) is 10.6. The van der Waals surface area contributed by atoms with Crippen molar-refractivity contribution in [2.45, 2.75) is 20.8 Å². The number of nitrogens with two attached hydrogens (primary N) is 1. The number of allylic oxidation sites excluding steroid dienone is 1. The molecule has 6 heteroatoms. The number of ether oxygens (including phenoxy) is 1. The average Bonchev–Trinajstić information content (AvgIpc) is 2.30. The molecular weight excluding hydrogens is 298 g/mol. The quantitative estimate of drug-likeness (QED) is 0.660. The predicted octanol–water partition coefficient (Wildman–Crippen LogP) is 2.61. The maximum absolute atomic E-state index is 11.3. The molecule has 0 radical (unpaired) electrons. The Labute approximate surface area is 115 Å². The van der Waals surface area contributed by atoms with E-state index in [1.807, 2.05) is 6.92 Å². The molecule has 3 N–H and O–H groups in total. The van der Waals surface area contributed by atoms with Crippen LogP contribution < -0.4 is 11.1 Å². The normalized spacial score (nSPS) is 11.2. The van der Waals surface area contributed by atoms with Gasteiger partial charge in [0.1, 0.15) is 5.82 Å². The number of carbonyl (C=O) groups is 1. The van der Waals surface area contributed by atoms with Gasteiger partial charge in [-0.05, 0) is 42.3 Å². The van der Waals surface area contributed by atoms with Gasteiger partial charge in [0, 0.05) is 22.4 Å². The molecule has 0 aromatic carbocycles. The molecule has 5 nitrogen and oxygen atoms in total. The van der Waals surface area contributed by atoms with Gasteiger partial charge in [0.05, 0.1) is 12.3 Å². The minimum absolute atomic E-state index is 0.349. The van der Waals surface area contributed by atoms with E-state index in [9.17, 15) is 4.79 Å². The third kappa shape index (κ3) is 3.73. The molecule has 98 valence electrons. The van der Waals surface area contributed by atoms with Crippen LogP contribution in [-0.2, 0) is 9.53 Å². The highest BCUT2D eigenvalue weighted by atomic mass is 79.9. The Hall–Kier alpha value is -1.56. The molecule has 1 aromatic rings. The summed E-state index contributed by atoms with van der Waals surface area (Å²) in [7, 11) is 0. The molecule has 1 aromatic heterocycles. The van der Waals surface area contributed by atoms with Gasteiger partial charge < -0.3 is 15.8 Å². The average molecular weight is 314 g/mol. The molecule has 0 fully saturated rings. The number of anilines is 2. The number of halogens is 1. The Bertz CT molecular complexity index is 486. The van der Waals surface area contributed by atoms with Gasteiger partial charge in [0.25, 0.3) is 0 Å². The molecule has 1 heterocycles. The summed E-state index contributed by atoms with van der Waals surface area (Å²) < 4.78 is 5.67. The second-order valence-corrected chi connectivity index (χ2v) is 4.55.